The molecule has 0 unspecified atom stereocenters. The first kappa shape index (κ1) is 9.52. The van der Waals surface area contributed by atoms with Crippen LogP contribution < -0.4 is 0 Å². The number of aryl methyl sites for hydroxylation is 3. The molecule has 0 saturated carbocycles. The van der Waals surface area contributed by atoms with E-state index < -0.39 is 0 Å². The summed E-state index contributed by atoms with van der Waals surface area (Å²) in [6.45, 7) is 2.00. The Bertz CT molecular complexity index is 532. The number of benzene rings is 1. The molecule has 1 aliphatic carbocycles. The first-order valence-corrected chi connectivity index (χ1v) is 5.76. The molecule has 80 valence electrons. The van der Waals surface area contributed by atoms with E-state index in [1.807, 2.05) is 6.92 Å². The average molecular weight is 210 g/mol. The van der Waals surface area contributed by atoms with Gasteiger partial charge in [0, 0.05) is 5.56 Å². The highest BCUT2D eigenvalue weighted by Gasteiger charge is 2.15. The molecule has 0 atom stereocenters. The van der Waals surface area contributed by atoms with Crippen LogP contribution in [0.2, 0.25) is 0 Å². The Morgan fingerprint density at radius 2 is 1.81 bits per heavy atom. The second-order valence-corrected chi connectivity index (χ2v) is 4.37. The molecule has 2 nitrogen and oxygen atoms in total. The third kappa shape index (κ3) is 1.51. The van der Waals surface area contributed by atoms with E-state index in [0.717, 1.165) is 24.2 Å². The van der Waals surface area contributed by atoms with Gasteiger partial charge in [0.15, 0.2) is 0 Å². The smallest absolute Gasteiger partial charge is 0.0964 e. The van der Waals surface area contributed by atoms with Crippen molar-refractivity contribution in [2.45, 2.75) is 26.2 Å². The molecule has 1 aromatic carbocycles. The Labute approximate surface area is 95.4 Å². The fourth-order valence-electron chi connectivity index (χ4n) is 2.40. The van der Waals surface area contributed by atoms with E-state index in [4.69, 9.17) is 0 Å². The lowest BCUT2D eigenvalue weighted by atomic mass is 10.0. The molecule has 0 saturated heterocycles. The van der Waals surface area contributed by atoms with Crippen molar-refractivity contribution in [1.29, 1.82) is 0 Å². The van der Waals surface area contributed by atoms with Gasteiger partial charge in [-0.3, -0.25) is 0 Å². The second-order valence-electron chi connectivity index (χ2n) is 4.37. The van der Waals surface area contributed by atoms with Gasteiger partial charge in [-0.2, -0.15) is 5.10 Å². The van der Waals surface area contributed by atoms with Gasteiger partial charge < -0.3 is 0 Å². The van der Waals surface area contributed by atoms with Gasteiger partial charge in [0.1, 0.15) is 0 Å². The summed E-state index contributed by atoms with van der Waals surface area (Å²) < 4.78 is 0. The third-order valence-electron chi connectivity index (χ3n) is 3.16. The van der Waals surface area contributed by atoms with Crippen molar-refractivity contribution in [3.8, 4) is 11.3 Å². The molecular formula is C14H14N2. The van der Waals surface area contributed by atoms with Gasteiger partial charge in [-0.05, 0) is 43.4 Å². The molecule has 0 radical (unpaired) electrons. The van der Waals surface area contributed by atoms with Crippen molar-refractivity contribution in [3.05, 3.63) is 47.2 Å². The minimum Gasteiger partial charge on any atom is -0.155 e. The predicted octanol–water partition coefficient (Wildman–Crippen LogP) is 2.94. The number of rotatable bonds is 0. The van der Waals surface area contributed by atoms with Crippen molar-refractivity contribution < 1.29 is 0 Å². The molecule has 0 bridgehead atoms. The maximum Gasteiger partial charge on any atom is 0.0964 e. The van der Waals surface area contributed by atoms with E-state index in [2.05, 4.69) is 40.5 Å². The number of aromatic nitrogens is 2. The Kier molecular flexibility index (Phi) is 2.21. The lowest BCUT2D eigenvalue weighted by molar-refractivity contribution is 0.826. The summed E-state index contributed by atoms with van der Waals surface area (Å²) in [5.41, 5.74) is 6.11. The molecule has 3 rings (SSSR count). The van der Waals surface area contributed by atoms with E-state index in [0.29, 0.717) is 0 Å². The van der Waals surface area contributed by atoms with Crippen LogP contribution in [-0.4, -0.2) is 10.2 Å². The van der Waals surface area contributed by atoms with Crippen molar-refractivity contribution in [3.63, 3.8) is 0 Å². The van der Waals surface area contributed by atoms with Crippen LogP contribution in [0.15, 0.2) is 30.3 Å². The summed E-state index contributed by atoms with van der Waals surface area (Å²) in [5, 5.41) is 8.55. The SMILES string of the molecule is Cc1cc2c(nn1)-c1ccccc1CCC2. The molecular weight excluding hydrogens is 196 g/mol. The van der Waals surface area contributed by atoms with Gasteiger partial charge >= 0.3 is 0 Å². The zero-order valence-corrected chi connectivity index (χ0v) is 9.40. The maximum absolute atomic E-state index is 4.37. The highest BCUT2D eigenvalue weighted by atomic mass is 15.1. The molecule has 0 amide bonds. The van der Waals surface area contributed by atoms with Crippen LogP contribution in [0, 0.1) is 6.92 Å². The Balaban J connectivity index is 2.25. The van der Waals surface area contributed by atoms with Crippen LogP contribution in [0.3, 0.4) is 0 Å². The summed E-state index contributed by atoms with van der Waals surface area (Å²) >= 11 is 0. The zero-order valence-electron chi connectivity index (χ0n) is 9.40. The summed E-state index contributed by atoms with van der Waals surface area (Å²) in [7, 11) is 0. The van der Waals surface area contributed by atoms with E-state index in [-0.39, 0.29) is 0 Å². The molecule has 0 spiro atoms. The third-order valence-corrected chi connectivity index (χ3v) is 3.16. The fourth-order valence-corrected chi connectivity index (χ4v) is 2.40. The number of hydrogen-bond acceptors (Lipinski definition) is 2. The number of fused-ring (bicyclic) bond motifs is 3. The van der Waals surface area contributed by atoms with Gasteiger partial charge in [-0.1, -0.05) is 24.3 Å². The first-order valence-electron chi connectivity index (χ1n) is 5.76. The van der Waals surface area contributed by atoms with Crippen molar-refractivity contribution in [2.75, 3.05) is 0 Å². The van der Waals surface area contributed by atoms with Crippen LogP contribution >= 0.6 is 0 Å². The van der Waals surface area contributed by atoms with Crippen molar-refractivity contribution in [2.24, 2.45) is 0 Å². The van der Waals surface area contributed by atoms with Crippen LogP contribution in [0.5, 0.6) is 0 Å². The zero-order chi connectivity index (χ0) is 11.0. The van der Waals surface area contributed by atoms with E-state index >= 15 is 0 Å². The van der Waals surface area contributed by atoms with Crippen LogP contribution in [0.25, 0.3) is 11.3 Å². The summed E-state index contributed by atoms with van der Waals surface area (Å²) in [4.78, 5) is 0. The summed E-state index contributed by atoms with van der Waals surface area (Å²) in [5.74, 6) is 0. The minimum atomic E-state index is 1.01. The molecule has 16 heavy (non-hydrogen) atoms. The molecule has 1 aliphatic rings. The molecule has 2 aromatic rings. The monoisotopic (exact) mass is 210 g/mol. The van der Waals surface area contributed by atoms with Crippen LogP contribution in [0.1, 0.15) is 23.2 Å². The lowest BCUT2D eigenvalue weighted by Crippen LogP contribution is -1.96. The van der Waals surface area contributed by atoms with Crippen LogP contribution in [0.4, 0.5) is 0 Å². The predicted molar refractivity (Wildman–Crippen MR) is 64.2 cm³/mol. The molecule has 0 N–H and O–H groups in total. The fraction of sp³-hybridized carbons (Fsp3) is 0.286. The highest BCUT2D eigenvalue weighted by molar-refractivity contribution is 5.67. The largest absolute Gasteiger partial charge is 0.155 e. The maximum atomic E-state index is 4.37. The Hall–Kier alpha value is -1.70. The molecule has 0 fully saturated rings. The van der Waals surface area contributed by atoms with E-state index in [1.165, 1.54) is 23.1 Å². The molecule has 1 aromatic heterocycles. The Morgan fingerprint density at radius 1 is 1.00 bits per heavy atom. The lowest BCUT2D eigenvalue weighted by Gasteiger charge is -2.07. The van der Waals surface area contributed by atoms with Gasteiger partial charge in [0.25, 0.3) is 0 Å². The van der Waals surface area contributed by atoms with Gasteiger partial charge in [-0.15, -0.1) is 5.10 Å². The van der Waals surface area contributed by atoms with Gasteiger partial charge in [-0.25, -0.2) is 0 Å². The van der Waals surface area contributed by atoms with E-state index in [9.17, 15) is 0 Å². The topological polar surface area (TPSA) is 25.8 Å². The quantitative estimate of drug-likeness (QED) is 0.668. The van der Waals surface area contributed by atoms with Gasteiger partial charge in [0.2, 0.25) is 0 Å². The van der Waals surface area contributed by atoms with E-state index in [1.54, 1.807) is 0 Å². The first-order chi connectivity index (χ1) is 7.84. The standard InChI is InChI=1S/C14H14N2/c1-10-9-12-7-4-6-11-5-2-3-8-13(11)14(12)16-15-10/h2-3,5,8-9H,4,6-7H2,1H3. The van der Waals surface area contributed by atoms with Crippen LogP contribution in [-0.2, 0) is 12.8 Å². The Morgan fingerprint density at radius 3 is 2.75 bits per heavy atom. The number of hydrogen-bond donors (Lipinski definition) is 0. The second kappa shape index (κ2) is 3.71. The average Bonchev–Trinajstić information content (AvgIpc) is 2.47. The summed E-state index contributed by atoms with van der Waals surface area (Å²) in [6.07, 6.45) is 3.46. The minimum absolute atomic E-state index is 1.01. The molecule has 1 heterocycles. The molecule has 0 aliphatic heterocycles. The van der Waals surface area contributed by atoms with Gasteiger partial charge in [0.05, 0.1) is 11.4 Å². The van der Waals surface area contributed by atoms with Crippen molar-refractivity contribution in [1.82, 2.24) is 10.2 Å². The summed E-state index contributed by atoms with van der Waals surface area (Å²) in [6, 6.07) is 10.7. The number of nitrogens with zero attached hydrogens (tertiary/aromatic N) is 2. The normalized spacial score (nSPS) is 13.8. The van der Waals surface area contributed by atoms with Crippen molar-refractivity contribution >= 4 is 0 Å². The highest BCUT2D eigenvalue weighted by Crippen LogP contribution is 2.30. The molecule has 2 heteroatoms.